The lowest BCUT2D eigenvalue weighted by Crippen LogP contribution is -2.48. The van der Waals surface area contributed by atoms with Crippen LogP contribution in [0.1, 0.15) is 31.6 Å². The van der Waals surface area contributed by atoms with Crippen molar-refractivity contribution in [3.63, 3.8) is 0 Å². The number of aromatic nitrogens is 2. The number of benzene rings is 1. The van der Waals surface area contributed by atoms with Gasteiger partial charge in [-0.25, -0.2) is 0 Å². The molecule has 0 saturated carbocycles. The average Bonchev–Trinajstić information content (AvgIpc) is 3.13. The molecule has 7 heteroatoms. The first-order valence-electron chi connectivity index (χ1n) is 8.83. The lowest BCUT2D eigenvalue weighted by molar-refractivity contribution is 0.0800. The first-order chi connectivity index (χ1) is 12.2. The molecule has 1 aromatic carbocycles. The van der Waals surface area contributed by atoms with E-state index in [2.05, 4.69) is 26.9 Å². The van der Waals surface area contributed by atoms with Gasteiger partial charge in [0, 0.05) is 44.2 Å². The van der Waals surface area contributed by atoms with E-state index in [-0.39, 0.29) is 6.04 Å². The fourth-order valence-electron chi connectivity index (χ4n) is 2.93. The minimum atomic E-state index is 0.167. The maximum atomic E-state index is 5.88. The highest BCUT2D eigenvalue weighted by Crippen LogP contribution is 2.20. The van der Waals surface area contributed by atoms with E-state index in [1.165, 1.54) is 0 Å². The molecule has 0 N–H and O–H groups in total. The van der Waals surface area contributed by atoms with Gasteiger partial charge < -0.3 is 9.26 Å². The van der Waals surface area contributed by atoms with Crippen LogP contribution in [0.5, 0.6) is 5.75 Å². The number of hydrogen-bond acceptors (Lipinski definition) is 6. The third kappa shape index (κ3) is 4.93. The lowest BCUT2D eigenvalue weighted by Gasteiger charge is -2.36. The summed E-state index contributed by atoms with van der Waals surface area (Å²) in [6, 6.07) is 7.66. The van der Waals surface area contributed by atoms with Gasteiger partial charge in [0.1, 0.15) is 12.4 Å². The lowest BCUT2D eigenvalue weighted by atomic mass is 10.2. The zero-order chi connectivity index (χ0) is 17.6. The van der Waals surface area contributed by atoms with Gasteiger partial charge in [-0.3, -0.25) is 9.80 Å². The SMILES string of the molecule is CCc1noc(C(C)N2CCN(CCOc3ccc(Cl)cc3)CC2)n1. The van der Waals surface area contributed by atoms with Crippen LogP contribution in [0.4, 0.5) is 0 Å². The molecule has 25 heavy (non-hydrogen) atoms. The second kappa shape index (κ2) is 8.65. The summed E-state index contributed by atoms with van der Waals surface area (Å²) in [6.45, 7) is 9.78. The van der Waals surface area contributed by atoms with Crippen LogP contribution in [0.25, 0.3) is 0 Å². The summed E-state index contributed by atoms with van der Waals surface area (Å²) in [5, 5.41) is 4.72. The minimum absolute atomic E-state index is 0.167. The van der Waals surface area contributed by atoms with Crippen molar-refractivity contribution in [2.75, 3.05) is 39.3 Å². The van der Waals surface area contributed by atoms with Crippen LogP contribution in [0.15, 0.2) is 28.8 Å². The Kier molecular flexibility index (Phi) is 6.29. The molecule has 2 heterocycles. The summed E-state index contributed by atoms with van der Waals surface area (Å²) in [5.74, 6) is 2.36. The van der Waals surface area contributed by atoms with Crippen LogP contribution in [0.2, 0.25) is 5.02 Å². The Morgan fingerprint density at radius 2 is 1.92 bits per heavy atom. The average molecular weight is 365 g/mol. The van der Waals surface area contributed by atoms with Crippen LogP contribution in [-0.2, 0) is 6.42 Å². The normalized spacial score (nSPS) is 17.6. The largest absolute Gasteiger partial charge is 0.492 e. The van der Waals surface area contributed by atoms with Crippen LogP contribution in [-0.4, -0.2) is 59.3 Å². The van der Waals surface area contributed by atoms with Crippen molar-refractivity contribution < 1.29 is 9.26 Å². The Balaban J connectivity index is 1.40. The zero-order valence-electron chi connectivity index (χ0n) is 14.8. The first kappa shape index (κ1) is 18.2. The highest BCUT2D eigenvalue weighted by Gasteiger charge is 2.25. The van der Waals surface area contributed by atoms with Gasteiger partial charge in [-0.05, 0) is 31.2 Å². The van der Waals surface area contributed by atoms with Crippen LogP contribution in [0.3, 0.4) is 0 Å². The third-order valence-corrected chi connectivity index (χ3v) is 4.85. The maximum absolute atomic E-state index is 5.88. The number of piperazine rings is 1. The van der Waals surface area contributed by atoms with Crippen molar-refractivity contribution in [2.24, 2.45) is 0 Å². The summed E-state index contributed by atoms with van der Waals surface area (Å²) in [5.41, 5.74) is 0. The second-order valence-electron chi connectivity index (χ2n) is 6.26. The van der Waals surface area contributed by atoms with E-state index in [4.69, 9.17) is 20.9 Å². The molecule has 1 aliphatic rings. The van der Waals surface area contributed by atoms with Gasteiger partial charge in [-0.1, -0.05) is 23.7 Å². The fourth-order valence-corrected chi connectivity index (χ4v) is 3.06. The van der Waals surface area contributed by atoms with E-state index in [1.807, 2.05) is 31.2 Å². The standard InChI is InChI=1S/C18H25ClN4O2/c1-3-17-20-18(25-21-17)14(2)23-10-8-22(9-11-23)12-13-24-16-6-4-15(19)5-7-16/h4-7,14H,3,8-13H2,1-2H3. The number of rotatable bonds is 7. The number of aryl methyl sites for hydroxylation is 1. The quantitative estimate of drug-likeness (QED) is 0.752. The van der Waals surface area contributed by atoms with E-state index >= 15 is 0 Å². The molecule has 1 atom stereocenters. The maximum Gasteiger partial charge on any atom is 0.243 e. The Hall–Kier alpha value is -1.63. The van der Waals surface area contributed by atoms with Gasteiger partial charge >= 0.3 is 0 Å². The molecule has 0 bridgehead atoms. The molecule has 0 aliphatic carbocycles. The summed E-state index contributed by atoms with van der Waals surface area (Å²) < 4.78 is 11.1. The zero-order valence-corrected chi connectivity index (χ0v) is 15.6. The highest BCUT2D eigenvalue weighted by atomic mass is 35.5. The number of ether oxygens (including phenoxy) is 1. The third-order valence-electron chi connectivity index (χ3n) is 4.60. The summed E-state index contributed by atoms with van der Waals surface area (Å²) in [7, 11) is 0. The molecule has 0 spiro atoms. The Bertz CT molecular complexity index is 653. The number of nitrogens with zero attached hydrogens (tertiary/aromatic N) is 4. The van der Waals surface area contributed by atoms with E-state index < -0.39 is 0 Å². The fraction of sp³-hybridized carbons (Fsp3) is 0.556. The minimum Gasteiger partial charge on any atom is -0.492 e. The number of hydrogen-bond donors (Lipinski definition) is 0. The van der Waals surface area contributed by atoms with Gasteiger partial charge in [0.15, 0.2) is 5.82 Å². The number of halogens is 1. The molecule has 0 radical (unpaired) electrons. The van der Waals surface area contributed by atoms with E-state index in [0.29, 0.717) is 6.61 Å². The Morgan fingerprint density at radius 3 is 2.56 bits per heavy atom. The Morgan fingerprint density at radius 1 is 1.20 bits per heavy atom. The first-order valence-corrected chi connectivity index (χ1v) is 9.20. The van der Waals surface area contributed by atoms with Gasteiger partial charge in [0.25, 0.3) is 0 Å². The topological polar surface area (TPSA) is 54.6 Å². The highest BCUT2D eigenvalue weighted by molar-refractivity contribution is 6.30. The molecule has 3 rings (SSSR count). The van der Waals surface area contributed by atoms with Crippen molar-refractivity contribution in [2.45, 2.75) is 26.3 Å². The smallest absolute Gasteiger partial charge is 0.243 e. The van der Waals surface area contributed by atoms with Gasteiger partial charge in [0.2, 0.25) is 5.89 Å². The molecule has 2 aromatic rings. The summed E-state index contributed by atoms with van der Waals surface area (Å²) in [6.07, 6.45) is 0.803. The van der Waals surface area contributed by atoms with E-state index in [1.54, 1.807) is 0 Å². The van der Waals surface area contributed by atoms with Crippen LogP contribution in [0, 0.1) is 0 Å². The monoisotopic (exact) mass is 364 g/mol. The molecule has 1 unspecified atom stereocenters. The summed E-state index contributed by atoms with van der Waals surface area (Å²) >= 11 is 5.88. The molecule has 1 aliphatic heterocycles. The predicted molar refractivity (Wildman–Crippen MR) is 97.1 cm³/mol. The molecule has 1 fully saturated rings. The van der Waals surface area contributed by atoms with Crippen molar-refractivity contribution >= 4 is 11.6 Å². The van der Waals surface area contributed by atoms with Crippen LogP contribution >= 0.6 is 11.6 Å². The molecular weight excluding hydrogens is 340 g/mol. The molecule has 0 amide bonds. The van der Waals surface area contributed by atoms with E-state index in [0.717, 1.165) is 61.6 Å². The van der Waals surface area contributed by atoms with Gasteiger partial charge in [-0.2, -0.15) is 4.98 Å². The van der Waals surface area contributed by atoms with E-state index in [9.17, 15) is 0 Å². The second-order valence-corrected chi connectivity index (χ2v) is 6.69. The summed E-state index contributed by atoms with van der Waals surface area (Å²) in [4.78, 5) is 9.26. The van der Waals surface area contributed by atoms with Crippen LogP contribution < -0.4 is 4.74 Å². The molecule has 1 saturated heterocycles. The predicted octanol–water partition coefficient (Wildman–Crippen LogP) is 3.04. The Labute approximate surface area is 153 Å². The van der Waals surface area contributed by atoms with Gasteiger partial charge in [-0.15, -0.1) is 0 Å². The molecular formula is C18H25ClN4O2. The molecule has 1 aromatic heterocycles. The molecule has 6 nitrogen and oxygen atoms in total. The molecule has 136 valence electrons. The van der Waals surface area contributed by atoms with Crippen molar-refractivity contribution in [1.29, 1.82) is 0 Å². The van der Waals surface area contributed by atoms with Crippen molar-refractivity contribution in [1.82, 2.24) is 19.9 Å². The van der Waals surface area contributed by atoms with Gasteiger partial charge in [0.05, 0.1) is 6.04 Å². The van der Waals surface area contributed by atoms with Crippen molar-refractivity contribution in [3.05, 3.63) is 41.0 Å². The van der Waals surface area contributed by atoms with Crippen molar-refractivity contribution in [3.8, 4) is 5.75 Å².